The number of carbonyl (C=O) groups is 1. The Hall–Kier alpha value is -2.51. The maximum Gasteiger partial charge on any atom is 0.325 e. The smallest absolute Gasteiger partial charge is 0.325 e. The Labute approximate surface area is 201 Å². The van der Waals surface area contributed by atoms with Crippen LogP contribution in [-0.2, 0) is 22.4 Å². The molecule has 1 saturated carbocycles. The zero-order valence-electron chi connectivity index (χ0n) is 20.1. The molecule has 7 heteroatoms. The van der Waals surface area contributed by atoms with Gasteiger partial charge in [0.2, 0.25) is 0 Å². The van der Waals surface area contributed by atoms with Gasteiger partial charge in [-0.3, -0.25) is 14.7 Å². The van der Waals surface area contributed by atoms with Gasteiger partial charge in [0.15, 0.2) is 0 Å². The van der Waals surface area contributed by atoms with Gasteiger partial charge in [-0.15, -0.1) is 0 Å². The summed E-state index contributed by atoms with van der Waals surface area (Å²) in [4.78, 5) is 23.8. The van der Waals surface area contributed by atoms with Gasteiger partial charge in [-0.05, 0) is 75.5 Å². The molecule has 0 amide bonds. The number of pyridine rings is 2. The van der Waals surface area contributed by atoms with Crippen LogP contribution in [0.5, 0.6) is 0 Å². The lowest BCUT2D eigenvalue weighted by molar-refractivity contribution is -0.143. The van der Waals surface area contributed by atoms with Crippen LogP contribution in [0.25, 0.3) is 0 Å². The van der Waals surface area contributed by atoms with Crippen molar-refractivity contribution in [2.45, 2.75) is 76.4 Å². The molecular formula is C27H36N4O3. The number of nitrogens with one attached hydrogen (secondary N) is 1. The number of aromatic nitrogens is 2. The SMILES string of the molecule is Cc1cnc(C2CC2)c(C(C(=O)O)N2CC[C@@H](OCCCCc3ccc4c(n3)NCCC4)C2)c1. The molecule has 0 bridgehead atoms. The number of ether oxygens (including phenoxy) is 1. The number of aryl methyl sites for hydroxylation is 3. The van der Waals surface area contributed by atoms with Crippen LogP contribution < -0.4 is 5.32 Å². The summed E-state index contributed by atoms with van der Waals surface area (Å²) in [5.41, 5.74) is 5.34. The highest BCUT2D eigenvalue weighted by Gasteiger charge is 2.38. The number of fused-ring (bicyclic) bond motifs is 1. The Morgan fingerprint density at radius 3 is 3.00 bits per heavy atom. The van der Waals surface area contributed by atoms with E-state index >= 15 is 0 Å². The van der Waals surface area contributed by atoms with E-state index in [4.69, 9.17) is 9.72 Å². The zero-order chi connectivity index (χ0) is 23.5. The Balaban J connectivity index is 1.10. The number of carboxylic acids is 1. The molecule has 2 aromatic heterocycles. The van der Waals surface area contributed by atoms with Crippen molar-refractivity contribution in [1.82, 2.24) is 14.9 Å². The second-order valence-electron chi connectivity index (χ2n) is 10.1. The molecule has 7 nitrogen and oxygen atoms in total. The first kappa shape index (κ1) is 23.2. The van der Waals surface area contributed by atoms with E-state index in [2.05, 4.69) is 27.3 Å². The van der Waals surface area contributed by atoms with Crippen LogP contribution in [0.3, 0.4) is 0 Å². The third-order valence-corrected chi connectivity index (χ3v) is 7.25. The Bertz CT molecular complexity index is 1020. The molecule has 4 heterocycles. The number of hydrogen-bond acceptors (Lipinski definition) is 6. The molecular weight excluding hydrogens is 428 g/mol. The van der Waals surface area contributed by atoms with E-state index in [-0.39, 0.29) is 6.10 Å². The minimum Gasteiger partial charge on any atom is -0.480 e. The number of anilines is 1. The van der Waals surface area contributed by atoms with Gasteiger partial charge in [0.05, 0.1) is 6.10 Å². The summed E-state index contributed by atoms with van der Waals surface area (Å²) in [5.74, 6) is 0.696. The van der Waals surface area contributed by atoms with Crippen molar-refractivity contribution in [2.24, 2.45) is 0 Å². The number of rotatable bonds is 10. The van der Waals surface area contributed by atoms with Gasteiger partial charge in [-0.2, -0.15) is 0 Å². The fourth-order valence-electron chi connectivity index (χ4n) is 5.30. The summed E-state index contributed by atoms with van der Waals surface area (Å²) in [6, 6.07) is 5.76. The second kappa shape index (κ2) is 10.4. The molecule has 34 heavy (non-hydrogen) atoms. The third kappa shape index (κ3) is 5.41. The topological polar surface area (TPSA) is 87.6 Å². The molecule has 2 aromatic rings. The van der Waals surface area contributed by atoms with E-state index < -0.39 is 12.0 Å². The molecule has 1 saturated heterocycles. The predicted octanol–water partition coefficient (Wildman–Crippen LogP) is 4.26. The number of likely N-dealkylation sites (tertiary alicyclic amines) is 1. The fraction of sp³-hybridized carbons (Fsp3) is 0.593. The van der Waals surface area contributed by atoms with Gasteiger partial charge >= 0.3 is 5.97 Å². The second-order valence-corrected chi connectivity index (χ2v) is 10.1. The van der Waals surface area contributed by atoms with E-state index in [1.807, 2.05) is 19.2 Å². The average Bonchev–Trinajstić information content (AvgIpc) is 3.57. The Morgan fingerprint density at radius 1 is 1.29 bits per heavy atom. The molecule has 2 aliphatic heterocycles. The molecule has 2 atom stereocenters. The summed E-state index contributed by atoms with van der Waals surface area (Å²) in [6.07, 6.45) is 10.3. The molecule has 5 rings (SSSR count). The fourth-order valence-corrected chi connectivity index (χ4v) is 5.30. The number of hydrogen-bond donors (Lipinski definition) is 2. The van der Waals surface area contributed by atoms with Crippen molar-refractivity contribution in [1.29, 1.82) is 0 Å². The van der Waals surface area contributed by atoms with Crippen LogP contribution in [0.1, 0.15) is 78.6 Å². The monoisotopic (exact) mass is 464 g/mol. The number of aliphatic carboxylic acids is 1. The maximum absolute atomic E-state index is 12.3. The first-order valence-electron chi connectivity index (χ1n) is 12.9. The normalized spacial score (nSPS) is 21.1. The summed E-state index contributed by atoms with van der Waals surface area (Å²) in [7, 11) is 0. The van der Waals surface area contributed by atoms with Crippen LogP contribution >= 0.6 is 0 Å². The molecule has 0 spiro atoms. The Morgan fingerprint density at radius 2 is 2.18 bits per heavy atom. The molecule has 2 N–H and O–H groups in total. The zero-order valence-corrected chi connectivity index (χ0v) is 20.1. The van der Waals surface area contributed by atoms with Gasteiger partial charge in [-0.1, -0.05) is 12.1 Å². The van der Waals surface area contributed by atoms with E-state index in [0.717, 1.165) is 86.4 Å². The number of carboxylic acid groups (broad SMARTS) is 1. The van der Waals surface area contributed by atoms with Crippen LogP contribution in [0.15, 0.2) is 24.4 Å². The van der Waals surface area contributed by atoms with Crippen molar-refractivity contribution >= 4 is 11.8 Å². The van der Waals surface area contributed by atoms with Gasteiger partial charge in [0.25, 0.3) is 0 Å². The van der Waals surface area contributed by atoms with Crippen LogP contribution in [-0.4, -0.2) is 58.3 Å². The lowest BCUT2D eigenvalue weighted by Crippen LogP contribution is -2.34. The third-order valence-electron chi connectivity index (χ3n) is 7.25. The van der Waals surface area contributed by atoms with Crippen molar-refractivity contribution in [3.05, 3.63) is 52.5 Å². The van der Waals surface area contributed by atoms with Crippen molar-refractivity contribution in [3.8, 4) is 0 Å². The van der Waals surface area contributed by atoms with E-state index in [9.17, 15) is 9.90 Å². The van der Waals surface area contributed by atoms with Gasteiger partial charge in [0, 0.05) is 55.3 Å². The first-order chi connectivity index (χ1) is 16.6. The molecule has 0 radical (unpaired) electrons. The lowest BCUT2D eigenvalue weighted by Gasteiger charge is -2.26. The molecule has 1 unspecified atom stereocenters. The largest absolute Gasteiger partial charge is 0.480 e. The van der Waals surface area contributed by atoms with Crippen molar-refractivity contribution < 1.29 is 14.6 Å². The molecule has 182 valence electrons. The van der Waals surface area contributed by atoms with Crippen LogP contribution in [0, 0.1) is 6.92 Å². The Kier molecular flexibility index (Phi) is 7.11. The standard InChI is InChI=1S/C27H36N4O3/c1-18-15-23(24(29-16-18)19-7-8-19)25(27(32)33)31-13-11-22(17-31)34-14-3-2-6-21-10-9-20-5-4-12-28-26(20)30-21/h9-10,15-16,19,22,25H,2-8,11-14,17H2,1H3,(H,28,30)(H,32,33)/t22-,25?/m1/s1. The van der Waals surface area contributed by atoms with Gasteiger partial charge < -0.3 is 15.2 Å². The van der Waals surface area contributed by atoms with Crippen molar-refractivity contribution in [2.75, 3.05) is 31.6 Å². The van der Waals surface area contributed by atoms with Crippen LogP contribution in [0.4, 0.5) is 5.82 Å². The predicted molar refractivity (Wildman–Crippen MR) is 131 cm³/mol. The summed E-state index contributed by atoms with van der Waals surface area (Å²) in [6.45, 7) is 5.11. The minimum atomic E-state index is -0.790. The lowest BCUT2D eigenvalue weighted by atomic mass is 9.99. The summed E-state index contributed by atoms with van der Waals surface area (Å²) >= 11 is 0. The number of nitrogens with zero attached hydrogens (tertiary/aromatic N) is 3. The van der Waals surface area contributed by atoms with E-state index in [1.54, 1.807) is 0 Å². The minimum absolute atomic E-state index is 0.0927. The van der Waals surface area contributed by atoms with E-state index in [0.29, 0.717) is 19.1 Å². The summed E-state index contributed by atoms with van der Waals surface area (Å²) in [5, 5.41) is 13.5. The van der Waals surface area contributed by atoms with Gasteiger partial charge in [-0.25, -0.2) is 4.98 Å². The van der Waals surface area contributed by atoms with Crippen LogP contribution in [0.2, 0.25) is 0 Å². The number of unbranched alkanes of at least 4 members (excludes halogenated alkanes) is 1. The maximum atomic E-state index is 12.3. The quantitative estimate of drug-likeness (QED) is 0.508. The highest BCUT2D eigenvalue weighted by Crippen LogP contribution is 2.43. The molecule has 3 aliphatic rings. The molecule has 1 aliphatic carbocycles. The average molecular weight is 465 g/mol. The molecule has 2 fully saturated rings. The highest BCUT2D eigenvalue weighted by atomic mass is 16.5. The first-order valence-corrected chi connectivity index (χ1v) is 12.9. The van der Waals surface area contributed by atoms with Crippen molar-refractivity contribution in [3.63, 3.8) is 0 Å². The summed E-state index contributed by atoms with van der Waals surface area (Å²) < 4.78 is 6.16. The van der Waals surface area contributed by atoms with E-state index in [1.165, 1.54) is 12.0 Å². The highest BCUT2D eigenvalue weighted by molar-refractivity contribution is 5.76. The van der Waals surface area contributed by atoms with Gasteiger partial charge in [0.1, 0.15) is 11.9 Å². The molecule has 0 aromatic carbocycles.